The standard InChI is InChI=1S/C17H25N3O/c1-13-11-19-8-3-2-7-16(19)12-20(13)17(21)15-6-4-5-14(9-15)10-18/h4-6,9,13,16H,2-3,7-8,10-12,18H2,1H3. The average molecular weight is 287 g/mol. The summed E-state index contributed by atoms with van der Waals surface area (Å²) in [5, 5.41) is 0. The summed E-state index contributed by atoms with van der Waals surface area (Å²) in [6.07, 6.45) is 3.81. The first-order valence-electron chi connectivity index (χ1n) is 8.03. The molecule has 2 unspecified atom stereocenters. The zero-order valence-corrected chi connectivity index (χ0v) is 12.8. The molecule has 1 aromatic rings. The lowest BCUT2D eigenvalue weighted by molar-refractivity contribution is 0.0151. The van der Waals surface area contributed by atoms with Crippen LogP contribution in [0.1, 0.15) is 42.1 Å². The normalized spacial score (nSPS) is 26.5. The van der Waals surface area contributed by atoms with Crippen molar-refractivity contribution in [2.45, 2.75) is 44.8 Å². The molecule has 2 fully saturated rings. The summed E-state index contributed by atoms with van der Waals surface area (Å²) >= 11 is 0. The molecule has 1 aromatic carbocycles. The number of benzene rings is 1. The van der Waals surface area contributed by atoms with Crippen molar-refractivity contribution in [3.63, 3.8) is 0 Å². The molecule has 2 saturated heterocycles. The van der Waals surface area contributed by atoms with Crippen molar-refractivity contribution >= 4 is 5.91 Å². The van der Waals surface area contributed by atoms with Crippen LogP contribution in [0.3, 0.4) is 0 Å². The molecule has 114 valence electrons. The summed E-state index contributed by atoms with van der Waals surface area (Å²) in [4.78, 5) is 17.4. The summed E-state index contributed by atoms with van der Waals surface area (Å²) in [6, 6.07) is 8.57. The van der Waals surface area contributed by atoms with Crippen molar-refractivity contribution in [1.82, 2.24) is 9.80 Å². The van der Waals surface area contributed by atoms with Crippen molar-refractivity contribution in [3.05, 3.63) is 35.4 Å². The minimum Gasteiger partial charge on any atom is -0.333 e. The first-order chi connectivity index (χ1) is 10.2. The first-order valence-corrected chi connectivity index (χ1v) is 8.03. The summed E-state index contributed by atoms with van der Waals surface area (Å²) in [5.74, 6) is 0.156. The quantitative estimate of drug-likeness (QED) is 0.903. The highest BCUT2D eigenvalue weighted by atomic mass is 16.2. The molecule has 4 heteroatoms. The Bertz CT molecular complexity index is 517. The van der Waals surface area contributed by atoms with E-state index < -0.39 is 0 Å². The number of amides is 1. The van der Waals surface area contributed by atoms with Gasteiger partial charge in [0.15, 0.2) is 0 Å². The largest absolute Gasteiger partial charge is 0.333 e. The number of piperidine rings is 1. The molecule has 2 atom stereocenters. The van der Waals surface area contributed by atoms with Crippen LogP contribution in [-0.2, 0) is 6.54 Å². The van der Waals surface area contributed by atoms with E-state index in [1.54, 1.807) is 0 Å². The van der Waals surface area contributed by atoms with E-state index in [9.17, 15) is 4.79 Å². The molecular weight excluding hydrogens is 262 g/mol. The van der Waals surface area contributed by atoms with Gasteiger partial charge in [-0.15, -0.1) is 0 Å². The Hall–Kier alpha value is -1.39. The van der Waals surface area contributed by atoms with Gasteiger partial charge in [0.1, 0.15) is 0 Å². The number of nitrogens with zero attached hydrogens (tertiary/aromatic N) is 2. The molecule has 2 aliphatic heterocycles. The van der Waals surface area contributed by atoms with Crippen LogP contribution in [0.2, 0.25) is 0 Å². The molecule has 0 bridgehead atoms. The number of nitrogens with two attached hydrogens (primary N) is 1. The second-order valence-corrected chi connectivity index (χ2v) is 6.36. The predicted molar refractivity (Wildman–Crippen MR) is 84.0 cm³/mol. The molecule has 0 spiro atoms. The molecule has 1 amide bonds. The van der Waals surface area contributed by atoms with Crippen LogP contribution in [-0.4, -0.2) is 47.4 Å². The second-order valence-electron chi connectivity index (χ2n) is 6.36. The zero-order chi connectivity index (χ0) is 14.8. The van der Waals surface area contributed by atoms with E-state index in [-0.39, 0.29) is 11.9 Å². The van der Waals surface area contributed by atoms with Gasteiger partial charge in [0.05, 0.1) is 0 Å². The van der Waals surface area contributed by atoms with Crippen molar-refractivity contribution in [2.24, 2.45) is 5.73 Å². The Morgan fingerprint density at radius 3 is 3.00 bits per heavy atom. The van der Waals surface area contributed by atoms with Gasteiger partial charge in [0.25, 0.3) is 5.91 Å². The first kappa shape index (κ1) is 14.5. The van der Waals surface area contributed by atoms with Crippen LogP contribution in [0.15, 0.2) is 24.3 Å². The molecule has 3 rings (SSSR count). The van der Waals surface area contributed by atoms with Gasteiger partial charge in [-0.25, -0.2) is 0 Å². The lowest BCUT2D eigenvalue weighted by Gasteiger charge is -2.47. The van der Waals surface area contributed by atoms with Crippen molar-refractivity contribution in [2.75, 3.05) is 19.6 Å². The fourth-order valence-corrected chi connectivity index (χ4v) is 3.63. The highest BCUT2D eigenvalue weighted by molar-refractivity contribution is 5.94. The van der Waals surface area contributed by atoms with Gasteiger partial charge in [-0.1, -0.05) is 18.6 Å². The Balaban J connectivity index is 1.77. The summed E-state index contributed by atoms with van der Waals surface area (Å²) in [5.41, 5.74) is 7.47. The number of hydrogen-bond acceptors (Lipinski definition) is 3. The monoisotopic (exact) mass is 287 g/mol. The van der Waals surface area contributed by atoms with Crippen molar-refractivity contribution in [1.29, 1.82) is 0 Å². The lowest BCUT2D eigenvalue weighted by Crippen LogP contribution is -2.60. The van der Waals surface area contributed by atoms with Gasteiger partial charge in [-0.2, -0.15) is 0 Å². The molecule has 2 N–H and O–H groups in total. The minimum absolute atomic E-state index is 0.156. The molecule has 0 radical (unpaired) electrons. The number of piperazine rings is 1. The molecule has 0 aromatic heterocycles. The Kier molecular flexibility index (Phi) is 4.27. The number of carbonyl (C=O) groups excluding carboxylic acids is 1. The van der Waals surface area contributed by atoms with Crippen molar-refractivity contribution in [3.8, 4) is 0 Å². The summed E-state index contributed by atoms with van der Waals surface area (Å²) in [7, 11) is 0. The topological polar surface area (TPSA) is 49.6 Å². The maximum absolute atomic E-state index is 12.8. The highest BCUT2D eigenvalue weighted by Crippen LogP contribution is 2.25. The number of rotatable bonds is 2. The molecule has 2 aliphatic rings. The minimum atomic E-state index is 0.156. The molecule has 0 aliphatic carbocycles. The average Bonchev–Trinajstić information content (AvgIpc) is 2.53. The van der Waals surface area contributed by atoms with E-state index in [1.165, 1.54) is 25.8 Å². The number of fused-ring (bicyclic) bond motifs is 1. The van der Waals surface area contributed by atoms with Crippen LogP contribution >= 0.6 is 0 Å². The van der Waals surface area contributed by atoms with E-state index in [0.29, 0.717) is 12.6 Å². The number of hydrogen-bond donors (Lipinski definition) is 1. The third-order valence-electron chi connectivity index (χ3n) is 4.86. The third-order valence-corrected chi connectivity index (χ3v) is 4.86. The van der Waals surface area contributed by atoms with Crippen LogP contribution in [0.4, 0.5) is 0 Å². The third kappa shape index (κ3) is 2.97. The van der Waals surface area contributed by atoms with Gasteiger partial charge in [-0.3, -0.25) is 9.69 Å². The molecule has 21 heavy (non-hydrogen) atoms. The van der Waals surface area contributed by atoms with Crippen LogP contribution in [0.25, 0.3) is 0 Å². The molecular formula is C17H25N3O. The Morgan fingerprint density at radius 2 is 2.19 bits per heavy atom. The SMILES string of the molecule is CC1CN2CCCCC2CN1C(=O)c1cccc(CN)c1. The zero-order valence-electron chi connectivity index (χ0n) is 12.8. The van der Waals surface area contributed by atoms with Gasteiger partial charge in [0.2, 0.25) is 0 Å². The van der Waals surface area contributed by atoms with Gasteiger partial charge < -0.3 is 10.6 Å². The molecule has 2 heterocycles. The van der Waals surface area contributed by atoms with Crippen LogP contribution < -0.4 is 5.73 Å². The van der Waals surface area contributed by atoms with E-state index in [1.807, 2.05) is 24.3 Å². The van der Waals surface area contributed by atoms with Gasteiger partial charge in [0, 0.05) is 37.3 Å². The summed E-state index contributed by atoms with van der Waals surface area (Å²) < 4.78 is 0. The number of carbonyl (C=O) groups is 1. The predicted octanol–water partition coefficient (Wildman–Crippen LogP) is 1.84. The van der Waals surface area contributed by atoms with Crippen molar-refractivity contribution < 1.29 is 4.79 Å². The molecule has 0 saturated carbocycles. The van der Waals surface area contributed by atoms with E-state index >= 15 is 0 Å². The van der Waals surface area contributed by atoms with E-state index in [2.05, 4.69) is 16.7 Å². The van der Waals surface area contributed by atoms with Crippen LogP contribution in [0.5, 0.6) is 0 Å². The van der Waals surface area contributed by atoms with Crippen LogP contribution in [0, 0.1) is 0 Å². The second kappa shape index (κ2) is 6.16. The van der Waals surface area contributed by atoms with E-state index in [0.717, 1.165) is 24.2 Å². The maximum atomic E-state index is 12.8. The highest BCUT2D eigenvalue weighted by Gasteiger charge is 2.35. The summed E-state index contributed by atoms with van der Waals surface area (Å²) in [6.45, 7) is 5.71. The van der Waals surface area contributed by atoms with E-state index in [4.69, 9.17) is 5.73 Å². The fraction of sp³-hybridized carbons (Fsp3) is 0.588. The fourth-order valence-electron chi connectivity index (χ4n) is 3.63. The van der Waals surface area contributed by atoms with Gasteiger partial charge >= 0.3 is 0 Å². The lowest BCUT2D eigenvalue weighted by atomic mass is 9.96. The smallest absolute Gasteiger partial charge is 0.254 e. The Labute approximate surface area is 126 Å². The Morgan fingerprint density at radius 1 is 1.33 bits per heavy atom. The maximum Gasteiger partial charge on any atom is 0.254 e. The molecule has 4 nitrogen and oxygen atoms in total. The van der Waals surface area contributed by atoms with Gasteiger partial charge in [-0.05, 0) is 44.0 Å².